The number of nitrogens with two attached hydrogens (primary N) is 1. The van der Waals surface area contributed by atoms with Gasteiger partial charge >= 0.3 is 17.6 Å². The van der Waals surface area contributed by atoms with E-state index in [0.717, 1.165) is 0 Å². The molecular formula is C18H13N3O5. The molecule has 0 saturated heterocycles. The second kappa shape index (κ2) is 7.31. The molecule has 0 aliphatic carbocycles. The molecule has 0 radical (unpaired) electrons. The Hall–Kier alpha value is -3.94. The van der Waals surface area contributed by atoms with E-state index in [2.05, 4.69) is 5.10 Å². The topological polar surface area (TPSA) is 124 Å². The van der Waals surface area contributed by atoms with E-state index in [9.17, 15) is 14.4 Å². The maximum atomic E-state index is 12.4. The van der Waals surface area contributed by atoms with Crippen molar-refractivity contribution in [2.75, 3.05) is 0 Å². The minimum absolute atomic E-state index is 0.153. The van der Waals surface area contributed by atoms with Crippen LogP contribution in [0.1, 0.15) is 15.9 Å². The molecule has 0 spiro atoms. The van der Waals surface area contributed by atoms with Crippen molar-refractivity contribution < 1.29 is 18.7 Å². The smallest absolute Gasteiger partial charge is 0.351 e. The van der Waals surface area contributed by atoms with Crippen molar-refractivity contribution in [1.82, 2.24) is 5.43 Å². The van der Waals surface area contributed by atoms with Gasteiger partial charge < -0.3 is 14.9 Å². The number of carbonyl (C=O) groups excluding carboxylic acids is 2. The Bertz CT molecular complexity index is 1070. The van der Waals surface area contributed by atoms with Crippen LogP contribution < -0.4 is 21.5 Å². The molecular weight excluding hydrogens is 338 g/mol. The predicted molar refractivity (Wildman–Crippen MR) is 94.2 cm³/mol. The van der Waals surface area contributed by atoms with E-state index in [1.165, 1.54) is 18.3 Å². The lowest BCUT2D eigenvalue weighted by molar-refractivity contribution is 0.0730. The molecule has 3 N–H and O–H groups in total. The molecule has 0 aliphatic rings. The summed E-state index contributed by atoms with van der Waals surface area (Å²) in [4.78, 5) is 35.1. The zero-order valence-corrected chi connectivity index (χ0v) is 13.3. The van der Waals surface area contributed by atoms with Gasteiger partial charge in [0.15, 0.2) is 0 Å². The summed E-state index contributed by atoms with van der Waals surface area (Å²) < 4.78 is 10.4. The van der Waals surface area contributed by atoms with Crippen LogP contribution in [0.2, 0.25) is 0 Å². The summed E-state index contributed by atoms with van der Waals surface area (Å²) in [5, 5.41) is 4.22. The summed E-state index contributed by atoms with van der Waals surface area (Å²) in [6.45, 7) is 0. The normalized spacial score (nSPS) is 10.8. The van der Waals surface area contributed by atoms with Crippen molar-refractivity contribution >= 4 is 29.2 Å². The molecule has 26 heavy (non-hydrogen) atoms. The van der Waals surface area contributed by atoms with Crippen LogP contribution in [0.4, 0.5) is 4.79 Å². The number of benzene rings is 2. The summed E-state index contributed by atoms with van der Waals surface area (Å²) in [5.41, 5.74) is 6.71. The van der Waals surface area contributed by atoms with Crippen LogP contribution in [-0.4, -0.2) is 18.2 Å². The van der Waals surface area contributed by atoms with Gasteiger partial charge in [0.2, 0.25) is 0 Å². The molecule has 0 unspecified atom stereocenters. The maximum absolute atomic E-state index is 12.4. The summed E-state index contributed by atoms with van der Waals surface area (Å²) in [6.07, 6.45) is 1.26. The fourth-order valence-corrected chi connectivity index (χ4v) is 2.20. The number of ether oxygens (including phenoxy) is 1. The van der Waals surface area contributed by atoms with Gasteiger partial charge in [-0.2, -0.15) is 5.10 Å². The lowest BCUT2D eigenvalue weighted by Crippen LogP contribution is -2.24. The van der Waals surface area contributed by atoms with Gasteiger partial charge in [0, 0.05) is 10.9 Å². The van der Waals surface area contributed by atoms with Gasteiger partial charge in [0.25, 0.3) is 0 Å². The molecule has 3 rings (SSSR count). The van der Waals surface area contributed by atoms with E-state index in [1.807, 2.05) is 5.43 Å². The average molecular weight is 351 g/mol. The zero-order valence-electron chi connectivity index (χ0n) is 13.3. The fourth-order valence-electron chi connectivity index (χ4n) is 2.20. The third-order valence-corrected chi connectivity index (χ3v) is 3.36. The van der Waals surface area contributed by atoms with Gasteiger partial charge in [0.1, 0.15) is 16.9 Å². The van der Waals surface area contributed by atoms with E-state index in [1.54, 1.807) is 42.5 Å². The third kappa shape index (κ3) is 3.75. The molecule has 0 bridgehead atoms. The standard InChI is InChI=1S/C18H13N3O5/c19-18(24)21-20-10-12-6-2-4-8-15(12)26-17(23)13-9-11-5-1-3-7-14(11)25-16(13)22/h1-10H,(H3,19,21,24)/b20-10+. The van der Waals surface area contributed by atoms with Crippen LogP contribution in [0.3, 0.4) is 0 Å². The molecule has 0 saturated carbocycles. The number of esters is 1. The third-order valence-electron chi connectivity index (χ3n) is 3.36. The molecule has 3 aromatic rings. The van der Waals surface area contributed by atoms with Crippen molar-refractivity contribution in [3.63, 3.8) is 0 Å². The first-order valence-corrected chi connectivity index (χ1v) is 7.47. The summed E-state index contributed by atoms with van der Waals surface area (Å²) in [5.74, 6) is -0.715. The summed E-state index contributed by atoms with van der Waals surface area (Å²) in [6, 6.07) is 13.9. The first-order valence-electron chi connectivity index (χ1n) is 7.47. The largest absolute Gasteiger partial charge is 0.422 e. The van der Waals surface area contributed by atoms with E-state index in [0.29, 0.717) is 16.5 Å². The SMILES string of the molecule is NC(=O)N/N=C/c1ccccc1OC(=O)c1cc2ccccc2oc1=O. The second-order valence-corrected chi connectivity index (χ2v) is 5.15. The molecule has 130 valence electrons. The Balaban J connectivity index is 1.89. The number of hydrogen-bond acceptors (Lipinski definition) is 6. The van der Waals surface area contributed by atoms with Gasteiger partial charge in [-0.05, 0) is 24.3 Å². The Morgan fingerprint density at radius 3 is 2.65 bits per heavy atom. The highest BCUT2D eigenvalue weighted by Gasteiger charge is 2.17. The number of para-hydroxylation sites is 2. The van der Waals surface area contributed by atoms with E-state index >= 15 is 0 Å². The van der Waals surface area contributed by atoms with Crippen LogP contribution in [0.5, 0.6) is 5.75 Å². The Kier molecular flexibility index (Phi) is 4.75. The number of primary amides is 1. The van der Waals surface area contributed by atoms with Crippen molar-refractivity contribution in [3.05, 3.63) is 76.1 Å². The molecule has 0 atom stereocenters. The Labute approximate surface area is 146 Å². The highest BCUT2D eigenvalue weighted by Crippen LogP contribution is 2.18. The average Bonchev–Trinajstić information content (AvgIpc) is 2.62. The zero-order chi connectivity index (χ0) is 18.5. The molecule has 1 aromatic heterocycles. The second-order valence-electron chi connectivity index (χ2n) is 5.15. The highest BCUT2D eigenvalue weighted by molar-refractivity contribution is 5.95. The van der Waals surface area contributed by atoms with E-state index in [4.69, 9.17) is 14.9 Å². The van der Waals surface area contributed by atoms with Crippen LogP contribution in [-0.2, 0) is 0 Å². The van der Waals surface area contributed by atoms with Crippen molar-refractivity contribution in [2.24, 2.45) is 10.8 Å². The van der Waals surface area contributed by atoms with Gasteiger partial charge in [-0.15, -0.1) is 0 Å². The van der Waals surface area contributed by atoms with Crippen LogP contribution in [0, 0.1) is 0 Å². The van der Waals surface area contributed by atoms with Gasteiger partial charge in [-0.1, -0.05) is 30.3 Å². The van der Waals surface area contributed by atoms with E-state index in [-0.39, 0.29) is 11.3 Å². The summed E-state index contributed by atoms with van der Waals surface area (Å²) >= 11 is 0. The number of carbonyl (C=O) groups is 2. The molecule has 0 fully saturated rings. The number of amides is 2. The highest BCUT2D eigenvalue weighted by atomic mass is 16.5. The minimum atomic E-state index is -0.867. The lowest BCUT2D eigenvalue weighted by Gasteiger charge is -2.07. The van der Waals surface area contributed by atoms with Crippen LogP contribution in [0.25, 0.3) is 11.0 Å². The molecule has 0 aliphatic heterocycles. The molecule has 8 nitrogen and oxygen atoms in total. The first kappa shape index (κ1) is 16.9. The number of nitrogens with zero attached hydrogens (tertiary/aromatic N) is 1. The first-order chi connectivity index (χ1) is 12.5. The predicted octanol–water partition coefficient (Wildman–Crippen LogP) is 2.01. The van der Waals surface area contributed by atoms with Crippen molar-refractivity contribution in [3.8, 4) is 5.75 Å². The number of rotatable bonds is 4. The molecule has 8 heteroatoms. The number of fused-ring (bicyclic) bond motifs is 1. The fraction of sp³-hybridized carbons (Fsp3) is 0. The van der Waals surface area contributed by atoms with E-state index < -0.39 is 17.6 Å². The van der Waals surface area contributed by atoms with Gasteiger partial charge in [0.05, 0.1) is 6.21 Å². The van der Waals surface area contributed by atoms with Gasteiger partial charge in [-0.3, -0.25) is 0 Å². The molecule has 2 aromatic carbocycles. The van der Waals surface area contributed by atoms with Crippen molar-refractivity contribution in [1.29, 1.82) is 0 Å². The number of hydrogen-bond donors (Lipinski definition) is 2. The number of nitrogens with one attached hydrogen (secondary N) is 1. The summed E-state index contributed by atoms with van der Waals surface area (Å²) in [7, 11) is 0. The van der Waals surface area contributed by atoms with Crippen molar-refractivity contribution in [2.45, 2.75) is 0 Å². The molecule has 2 amide bonds. The quantitative estimate of drug-likeness (QED) is 0.245. The molecule has 1 heterocycles. The lowest BCUT2D eigenvalue weighted by atomic mass is 10.2. The Morgan fingerprint density at radius 1 is 1.12 bits per heavy atom. The monoisotopic (exact) mass is 351 g/mol. The maximum Gasteiger partial charge on any atom is 0.351 e. The minimum Gasteiger partial charge on any atom is -0.422 e. The van der Waals surface area contributed by atoms with Gasteiger partial charge in [-0.25, -0.2) is 19.8 Å². The Morgan fingerprint density at radius 2 is 1.85 bits per heavy atom. The number of urea groups is 1. The number of hydrazone groups is 1. The van der Waals surface area contributed by atoms with Crippen LogP contribution >= 0.6 is 0 Å². The van der Waals surface area contributed by atoms with Crippen LogP contribution in [0.15, 0.2) is 68.9 Å².